The lowest BCUT2D eigenvalue weighted by Gasteiger charge is -2.25. The van der Waals surface area contributed by atoms with Crippen LogP contribution in [-0.4, -0.2) is 16.8 Å². The molecule has 0 saturated carbocycles. The van der Waals surface area contributed by atoms with E-state index in [-0.39, 0.29) is 11.3 Å². The standard InChI is InChI=1S/C23H15BrClNO3/c24-16-7-4-8-18(13-16)26-20(14-9-11-17(25)12-10-14)19(22(28)23(26)29)21(27)15-5-2-1-3-6-15/h1-13,20,27H/b21-19+/t20-/m0/s1. The predicted octanol–water partition coefficient (Wildman–Crippen LogP) is 5.73. The molecular formula is C23H15BrClNO3. The maximum absolute atomic E-state index is 13.0. The Kier molecular flexibility index (Phi) is 5.26. The quantitative estimate of drug-likeness (QED) is 0.303. The van der Waals surface area contributed by atoms with Crippen molar-refractivity contribution in [2.75, 3.05) is 4.90 Å². The molecule has 1 amide bonds. The molecule has 29 heavy (non-hydrogen) atoms. The Balaban J connectivity index is 1.96. The molecule has 1 atom stereocenters. The molecule has 0 bridgehead atoms. The molecule has 0 aromatic heterocycles. The van der Waals surface area contributed by atoms with Gasteiger partial charge in [0.25, 0.3) is 11.7 Å². The summed E-state index contributed by atoms with van der Waals surface area (Å²) >= 11 is 9.44. The highest BCUT2D eigenvalue weighted by atomic mass is 79.9. The van der Waals surface area contributed by atoms with E-state index >= 15 is 0 Å². The number of carbonyl (C=O) groups excluding carboxylic acids is 2. The molecule has 1 saturated heterocycles. The third kappa shape index (κ3) is 3.59. The van der Waals surface area contributed by atoms with Crippen molar-refractivity contribution in [3.63, 3.8) is 0 Å². The highest BCUT2D eigenvalue weighted by Gasteiger charge is 2.46. The minimum Gasteiger partial charge on any atom is -0.507 e. The fourth-order valence-corrected chi connectivity index (χ4v) is 3.95. The Morgan fingerprint density at radius 3 is 2.28 bits per heavy atom. The average Bonchev–Trinajstić information content (AvgIpc) is 2.99. The zero-order valence-corrected chi connectivity index (χ0v) is 17.4. The average molecular weight is 469 g/mol. The molecule has 0 spiro atoms. The molecule has 0 unspecified atom stereocenters. The molecule has 0 radical (unpaired) electrons. The Bertz CT molecular complexity index is 1130. The van der Waals surface area contributed by atoms with E-state index in [1.807, 2.05) is 12.1 Å². The SMILES string of the molecule is O=C1C(=O)N(c2cccc(Br)c2)[C@@H](c2ccc(Cl)cc2)/C1=C(\O)c1ccccc1. The first kappa shape index (κ1) is 19.4. The first-order valence-corrected chi connectivity index (χ1v) is 10.0. The van der Waals surface area contributed by atoms with E-state index in [4.69, 9.17) is 11.6 Å². The van der Waals surface area contributed by atoms with Gasteiger partial charge in [-0.15, -0.1) is 0 Å². The molecule has 1 fully saturated rings. The van der Waals surface area contributed by atoms with Crippen LogP contribution in [0, 0.1) is 0 Å². The summed E-state index contributed by atoms with van der Waals surface area (Å²) in [5, 5.41) is 11.5. The number of benzene rings is 3. The van der Waals surface area contributed by atoms with Crippen molar-refractivity contribution in [3.8, 4) is 0 Å². The second-order valence-corrected chi connectivity index (χ2v) is 7.92. The maximum atomic E-state index is 13.0. The van der Waals surface area contributed by atoms with E-state index in [0.717, 1.165) is 4.47 Å². The van der Waals surface area contributed by atoms with E-state index in [9.17, 15) is 14.7 Å². The molecule has 1 aliphatic heterocycles. The molecule has 1 N–H and O–H groups in total. The summed E-state index contributed by atoms with van der Waals surface area (Å²) in [5.41, 5.74) is 1.74. The first-order valence-electron chi connectivity index (χ1n) is 8.85. The number of halogens is 2. The summed E-state index contributed by atoms with van der Waals surface area (Å²) in [6, 6.07) is 22.0. The van der Waals surface area contributed by atoms with Gasteiger partial charge in [-0.25, -0.2) is 0 Å². The number of rotatable bonds is 3. The second kappa shape index (κ2) is 7.85. The lowest BCUT2D eigenvalue weighted by Crippen LogP contribution is -2.29. The molecule has 3 aromatic carbocycles. The normalized spacial score (nSPS) is 18.3. The maximum Gasteiger partial charge on any atom is 0.300 e. The highest BCUT2D eigenvalue weighted by molar-refractivity contribution is 9.10. The van der Waals surface area contributed by atoms with Gasteiger partial charge in [0.1, 0.15) is 5.76 Å². The number of hydrogen-bond acceptors (Lipinski definition) is 3. The van der Waals surface area contributed by atoms with Gasteiger partial charge in [0, 0.05) is 20.7 Å². The summed E-state index contributed by atoms with van der Waals surface area (Å²) in [7, 11) is 0. The summed E-state index contributed by atoms with van der Waals surface area (Å²) in [5.74, 6) is -1.63. The number of amides is 1. The number of Topliss-reactive ketones (excluding diaryl/α,β-unsaturated/α-hetero) is 1. The number of hydrogen-bond donors (Lipinski definition) is 1. The first-order chi connectivity index (χ1) is 14.0. The van der Waals surface area contributed by atoms with E-state index in [2.05, 4.69) is 15.9 Å². The predicted molar refractivity (Wildman–Crippen MR) is 117 cm³/mol. The molecular weight excluding hydrogens is 454 g/mol. The summed E-state index contributed by atoms with van der Waals surface area (Å²) in [6.45, 7) is 0. The molecule has 1 heterocycles. The van der Waals surface area contributed by atoms with Crippen molar-refractivity contribution in [1.29, 1.82) is 0 Å². The van der Waals surface area contributed by atoms with Gasteiger partial charge < -0.3 is 5.11 Å². The Labute approximate surface area is 181 Å². The lowest BCUT2D eigenvalue weighted by molar-refractivity contribution is -0.132. The van der Waals surface area contributed by atoms with Gasteiger partial charge in [-0.3, -0.25) is 14.5 Å². The monoisotopic (exact) mass is 467 g/mol. The van der Waals surface area contributed by atoms with Gasteiger partial charge in [-0.05, 0) is 35.9 Å². The topological polar surface area (TPSA) is 57.6 Å². The van der Waals surface area contributed by atoms with Crippen LogP contribution in [0.3, 0.4) is 0 Å². The van der Waals surface area contributed by atoms with Crippen molar-refractivity contribution in [1.82, 2.24) is 0 Å². The summed E-state index contributed by atoms with van der Waals surface area (Å²) in [4.78, 5) is 27.4. The highest BCUT2D eigenvalue weighted by Crippen LogP contribution is 2.42. The second-order valence-electron chi connectivity index (χ2n) is 6.57. The van der Waals surface area contributed by atoms with Crippen LogP contribution in [0.4, 0.5) is 5.69 Å². The summed E-state index contributed by atoms with van der Waals surface area (Å²) < 4.78 is 0.773. The van der Waals surface area contributed by atoms with Crippen LogP contribution in [0.2, 0.25) is 5.02 Å². The van der Waals surface area contributed by atoms with Crippen molar-refractivity contribution in [2.24, 2.45) is 0 Å². The number of anilines is 1. The Hall–Kier alpha value is -2.89. The van der Waals surface area contributed by atoms with Gasteiger partial charge in [0.05, 0.1) is 11.6 Å². The van der Waals surface area contributed by atoms with Crippen molar-refractivity contribution >= 4 is 50.7 Å². The molecule has 144 valence electrons. The molecule has 4 nitrogen and oxygen atoms in total. The van der Waals surface area contributed by atoms with Gasteiger partial charge in [-0.1, -0.05) is 76.1 Å². The van der Waals surface area contributed by atoms with E-state index in [1.165, 1.54) is 4.90 Å². The third-order valence-electron chi connectivity index (χ3n) is 4.76. The molecule has 6 heteroatoms. The van der Waals surface area contributed by atoms with Crippen molar-refractivity contribution in [2.45, 2.75) is 6.04 Å². The molecule has 4 rings (SSSR count). The van der Waals surface area contributed by atoms with Crippen LogP contribution < -0.4 is 4.90 Å². The third-order valence-corrected chi connectivity index (χ3v) is 5.51. The zero-order valence-electron chi connectivity index (χ0n) is 15.0. The number of nitrogens with zero attached hydrogens (tertiary/aromatic N) is 1. The smallest absolute Gasteiger partial charge is 0.300 e. The fourth-order valence-electron chi connectivity index (χ4n) is 3.44. The minimum absolute atomic E-state index is 0.0449. The summed E-state index contributed by atoms with van der Waals surface area (Å²) in [6.07, 6.45) is 0. The van der Waals surface area contributed by atoms with Crippen LogP contribution in [0.1, 0.15) is 17.2 Å². The van der Waals surface area contributed by atoms with E-state index < -0.39 is 17.7 Å². The lowest BCUT2D eigenvalue weighted by atomic mass is 9.95. The van der Waals surface area contributed by atoms with E-state index in [0.29, 0.717) is 21.8 Å². The van der Waals surface area contributed by atoms with Crippen LogP contribution in [0.15, 0.2) is 88.9 Å². The number of aliphatic hydroxyl groups excluding tert-OH is 1. The largest absolute Gasteiger partial charge is 0.507 e. The van der Waals surface area contributed by atoms with Gasteiger partial charge >= 0.3 is 0 Å². The van der Waals surface area contributed by atoms with Crippen molar-refractivity contribution < 1.29 is 14.7 Å². The van der Waals surface area contributed by atoms with Gasteiger partial charge in [0.15, 0.2) is 0 Å². The zero-order chi connectivity index (χ0) is 20.5. The van der Waals surface area contributed by atoms with Crippen molar-refractivity contribution in [3.05, 3.63) is 105 Å². The molecule has 0 aliphatic carbocycles. The Morgan fingerprint density at radius 1 is 0.931 bits per heavy atom. The van der Waals surface area contributed by atoms with Gasteiger partial charge in [-0.2, -0.15) is 0 Å². The van der Waals surface area contributed by atoms with Crippen LogP contribution >= 0.6 is 27.5 Å². The molecule has 3 aromatic rings. The van der Waals surface area contributed by atoms with Gasteiger partial charge in [0.2, 0.25) is 0 Å². The van der Waals surface area contributed by atoms with Crippen LogP contribution in [-0.2, 0) is 9.59 Å². The van der Waals surface area contributed by atoms with E-state index in [1.54, 1.807) is 66.7 Å². The molecule has 1 aliphatic rings. The minimum atomic E-state index is -0.776. The van der Waals surface area contributed by atoms with Crippen LogP contribution in [0.5, 0.6) is 0 Å². The number of aliphatic hydroxyl groups is 1. The fraction of sp³-hybridized carbons (Fsp3) is 0.0435. The van der Waals surface area contributed by atoms with Crippen LogP contribution in [0.25, 0.3) is 5.76 Å². The Morgan fingerprint density at radius 2 is 1.62 bits per heavy atom. The number of ketones is 1. The number of carbonyl (C=O) groups is 2.